The summed E-state index contributed by atoms with van der Waals surface area (Å²) in [6.45, 7) is 4.61. The summed E-state index contributed by atoms with van der Waals surface area (Å²) in [5.41, 5.74) is 0. The fraction of sp³-hybridized carbons (Fsp3) is 1.00. The lowest BCUT2D eigenvalue weighted by atomic mass is 10.1. The third-order valence-corrected chi connectivity index (χ3v) is 7.16. The van der Waals surface area contributed by atoms with E-state index in [4.69, 9.17) is 0 Å². The summed E-state index contributed by atoms with van der Waals surface area (Å²) in [5.74, 6) is 0. The predicted octanol–water partition coefficient (Wildman–Crippen LogP) is 9.37. The first-order valence-electron chi connectivity index (χ1n) is 12.2. The molecule has 0 saturated carbocycles. The lowest BCUT2D eigenvalue weighted by Gasteiger charge is -2.03. The van der Waals surface area contributed by atoms with Crippen molar-refractivity contribution < 1.29 is 0 Å². The van der Waals surface area contributed by atoms with Gasteiger partial charge in [0.2, 0.25) is 0 Å². The number of rotatable bonds is 22. The number of hydrogen-bond acceptors (Lipinski definition) is 0. The normalized spacial score (nSPS) is 11.1. The van der Waals surface area contributed by atoms with Crippen molar-refractivity contribution >= 4 is 15.2 Å². The second kappa shape index (κ2) is 24.5. The van der Waals surface area contributed by atoms with Gasteiger partial charge in [-0.25, -0.2) is 0 Å². The highest BCUT2D eigenvalue weighted by atomic mass is 27.1. The van der Waals surface area contributed by atoms with Crippen LogP contribution >= 0.6 is 0 Å². The molecule has 0 aliphatic carbocycles. The fourth-order valence-electron chi connectivity index (χ4n) is 3.70. The summed E-state index contributed by atoms with van der Waals surface area (Å²) in [5, 5.41) is 3.15. The molecule has 0 atom stereocenters. The van der Waals surface area contributed by atoms with Crippen LogP contribution in [-0.2, 0) is 0 Å². The van der Waals surface area contributed by atoms with Gasteiger partial charge in [-0.3, -0.25) is 0 Å². The molecule has 0 spiro atoms. The van der Waals surface area contributed by atoms with E-state index < -0.39 is 0 Å². The quantitative estimate of drug-likeness (QED) is 0.132. The van der Waals surface area contributed by atoms with Gasteiger partial charge in [0, 0.05) is 0 Å². The molecule has 0 nitrogen and oxygen atoms in total. The van der Waals surface area contributed by atoms with Crippen molar-refractivity contribution in [2.45, 2.75) is 153 Å². The molecule has 0 aromatic heterocycles. The van der Waals surface area contributed by atoms with Crippen molar-refractivity contribution in [3.05, 3.63) is 0 Å². The topological polar surface area (TPSA) is 0 Å². The van der Waals surface area contributed by atoms with Crippen LogP contribution < -0.4 is 0 Å². The molecule has 0 fully saturated rings. The van der Waals surface area contributed by atoms with Crippen LogP contribution in [0.3, 0.4) is 0 Å². The van der Waals surface area contributed by atoms with E-state index in [0.717, 1.165) is 15.2 Å². The van der Waals surface area contributed by atoms with Crippen molar-refractivity contribution in [1.29, 1.82) is 0 Å². The molecule has 0 saturated heterocycles. The Morgan fingerprint density at radius 3 is 0.840 bits per heavy atom. The Bertz CT molecular complexity index is 192. The Labute approximate surface area is 168 Å². The Hall–Kier alpha value is 0.532. The van der Waals surface area contributed by atoms with Crippen LogP contribution in [0.15, 0.2) is 0 Å². The highest BCUT2D eigenvalue weighted by Gasteiger charge is 1.96. The van der Waals surface area contributed by atoms with Crippen LogP contribution in [0.2, 0.25) is 10.6 Å². The second-order valence-corrected chi connectivity index (χ2v) is 9.96. The smallest absolute Gasteiger partial charge is 0.104 e. The molecule has 1 heteroatoms. The molecule has 1 radical (unpaired) electrons. The zero-order valence-electron chi connectivity index (χ0n) is 18.1. The molecule has 25 heavy (non-hydrogen) atoms. The third-order valence-electron chi connectivity index (χ3n) is 5.52. The lowest BCUT2D eigenvalue weighted by molar-refractivity contribution is 0.560. The van der Waals surface area contributed by atoms with Crippen molar-refractivity contribution in [1.82, 2.24) is 0 Å². The molecule has 0 aromatic rings. The van der Waals surface area contributed by atoms with Gasteiger partial charge < -0.3 is 0 Å². The molecule has 0 rings (SSSR count). The molecule has 0 bridgehead atoms. The highest BCUT2D eigenvalue weighted by molar-refractivity contribution is 6.35. The van der Waals surface area contributed by atoms with Gasteiger partial charge in [-0.15, -0.1) is 10.6 Å². The average Bonchev–Trinajstić information content (AvgIpc) is 2.63. The van der Waals surface area contributed by atoms with E-state index in [0.29, 0.717) is 0 Å². The van der Waals surface area contributed by atoms with Gasteiger partial charge in [0.05, 0.1) is 0 Å². The van der Waals surface area contributed by atoms with Crippen LogP contribution in [0, 0.1) is 0 Å². The van der Waals surface area contributed by atoms with E-state index in [2.05, 4.69) is 13.8 Å². The van der Waals surface area contributed by atoms with Gasteiger partial charge in [0.15, 0.2) is 15.2 Å². The molecular formula is C24H50Al. The van der Waals surface area contributed by atoms with E-state index in [-0.39, 0.29) is 0 Å². The first-order valence-corrected chi connectivity index (χ1v) is 13.9. The fourth-order valence-corrected chi connectivity index (χ4v) is 5.14. The van der Waals surface area contributed by atoms with E-state index in [1.54, 1.807) is 10.6 Å². The average molecular weight is 366 g/mol. The Morgan fingerprint density at radius 2 is 0.560 bits per heavy atom. The maximum Gasteiger partial charge on any atom is 0.199 e. The number of unbranched alkanes of at least 4 members (excludes halogenated alkanes) is 18. The van der Waals surface area contributed by atoms with Crippen LogP contribution in [-0.4, -0.2) is 15.2 Å². The van der Waals surface area contributed by atoms with Crippen LogP contribution in [0.4, 0.5) is 0 Å². The summed E-state index contributed by atoms with van der Waals surface area (Å²) < 4.78 is 0. The molecule has 149 valence electrons. The maximum atomic E-state index is 2.30. The molecule has 0 heterocycles. The largest absolute Gasteiger partial charge is 0.199 e. The molecule has 0 aromatic carbocycles. The molecule has 0 aliphatic heterocycles. The van der Waals surface area contributed by atoms with Crippen molar-refractivity contribution in [2.75, 3.05) is 0 Å². The number of hydrogen-bond donors (Lipinski definition) is 0. The van der Waals surface area contributed by atoms with Crippen LogP contribution in [0.5, 0.6) is 0 Å². The molecule has 0 N–H and O–H groups in total. The van der Waals surface area contributed by atoms with Crippen LogP contribution in [0.1, 0.15) is 142 Å². The van der Waals surface area contributed by atoms with E-state index in [1.165, 1.54) is 128 Å². The summed E-state index contributed by atoms with van der Waals surface area (Å²) in [6, 6.07) is 0. The second-order valence-electron chi connectivity index (χ2n) is 8.23. The maximum absolute atomic E-state index is 2.30. The van der Waals surface area contributed by atoms with Gasteiger partial charge in [0.25, 0.3) is 0 Å². The zero-order valence-corrected chi connectivity index (χ0v) is 19.3. The minimum atomic E-state index is 0.780. The first kappa shape index (κ1) is 25.5. The van der Waals surface area contributed by atoms with Gasteiger partial charge >= 0.3 is 0 Å². The van der Waals surface area contributed by atoms with Crippen molar-refractivity contribution in [3.8, 4) is 0 Å². The minimum absolute atomic E-state index is 0.780. The highest BCUT2D eigenvalue weighted by Crippen LogP contribution is 2.13. The van der Waals surface area contributed by atoms with E-state index in [9.17, 15) is 0 Å². The van der Waals surface area contributed by atoms with E-state index in [1.807, 2.05) is 0 Å². The van der Waals surface area contributed by atoms with Crippen LogP contribution in [0.25, 0.3) is 0 Å². The predicted molar refractivity (Wildman–Crippen MR) is 119 cm³/mol. The molecule has 0 aliphatic rings. The molecular weight excluding hydrogens is 315 g/mol. The first-order chi connectivity index (χ1) is 12.4. The zero-order chi connectivity index (χ0) is 18.3. The van der Waals surface area contributed by atoms with Crippen molar-refractivity contribution in [3.63, 3.8) is 0 Å². The Kier molecular flexibility index (Phi) is 25.1. The Morgan fingerprint density at radius 1 is 0.320 bits per heavy atom. The van der Waals surface area contributed by atoms with Crippen molar-refractivity contribution in [2.24, 2.45) is 0 Å². The molecule has 0 amide bonds. The lowest BCUT2D eigenvalue weighted by Crippen LogP contribution is -1.90. The Balaban J connectivity index is 2.94. The summed E-state index contributed by atoms with van der Waals surface area (Å²) in [7, 11) is 0. The minimum Gasteiger partial charge on any atom is -0.104 e. The monoisotopic (exact) mass is 365 g/mol. The summed E-state index contributed by atoms with van der Waals surface area (Å²) in [6.07, 6.45) is 29.6. The van der Waals surface area contributed by atoms with Gasteiger partial charge in [0.1, 0.15) is 0 Å². The van der Waals surface area contributed by atoms with Gasteiger partial charge in [-0.05, 0) is 0 Å². The third kappa shape index (κ3) is 24.5. The SMILES string of the molecule is CCCCCCCCCCC[CH2][Al][CH2]CCCCCCCCCCC. The summed E-state index contributed by atoms with van der Waals surface area (Å²) in [4.78, 5) is 0. The van der Waals surface area contributed by atoms with Gasteiger partial charge in [-0.1, -0.05) is 142 Å². The summed E-state index contributed by atoms with van der Waals surface area (Å²) >= 11 is 0.780. The van der Waals surface area contributed by atoms with E-state index >= 15 is 0 Å². The standard InChI is InChI=1S/2C12H25.Al/c2*1-3-5-7-9-11-12-10-8-6-4-2;/h2*1,3-12H2,2H3;. The van der Waals surface area contributed by atoms with Gasteiger partial charge in [-0.2, -0.15) is 0 Å². The molecule has 0 unspecified atom stereocenters.